The zero-order valence-electron chi connectivity index (χ0n) is 11.9. The molecule has 3 rings (SSSR count). The summed E-state index contributed by atoms with van der Waals surface area (Å²) in [5, 5.41) is 0. The number of rotatable bonds is 4. The van der Waals surface area contributed by atoms with Gasteiger partial charge in [-0.3, -0.25) is 0 Å². The lowest BCUT2D eigenvalue weighted by molar-refractivity contribution is 0.196. The van der Waals surface area contributed by atoms with Gasteiger partial charge in [0.1, 0.15) is 5.75 Å². The largest absolute Gasteiger partial charge is 0.493 e. The zero-order valence-corrected chi connectivity index (χ0v) is 11.9. The molecule has 0 saturated heterocycles. The van der Waals surface area contributed by atoms with Crippen LogP contribution in [0.15, 0.2) is 30.4 Å². The van der Waals surface area contributed by atoms with Crippen molar-refractivity contribution in [3.05, 3.63) is 41.5 Å². The molecule has 0 bridgehead atoms. The molecule has 1 heterocycles. The quantitative estimate of drug-likeness (QED) is 0.552. The molecule has 2 atom stereocenters. The van der Waals surface area contributed by atoms with Crippen molar-refractivity contribution in [1.29, 1.82) is 0 Å². The van der Waals surface area contributed by atoms with E-state index >= 15 is 0 Å². The Bertz CT molecular complexity index is 461. The number of hydrogen-bond donors (Lipinski definition) is 0. The number of allylic oxidation sites excluding steroid dienone is 2. The van der Waals surface area contributed by atoms with E-state index in [0.717, 1.165) is 12.4 Å². The maximum Gasteiger partial charge on any atom is 0.123 e. The van der Waals surface area contributed by atoms with Crippen LogP contribution in [0.1, 0.15) is 56.1 Å². The summed E-state index contributed by atoms with van der Waals surface area (Å²) in [4.78, 5) is 0. The van der Waals surface area contributed by atoms with Gasteiger partial charge in [-0.1, -0.05) is 44.1 Å². The lowest BCUT2D eigenvalue weighted by atomic mass is 9.78. The smallest absolute Gasteiger partial charge is 0.123 e. The minimum absolute atomic E-state index is 0.599. The average Bonchev–Trinajstić information content (AvgIpc) is 2.47. The molecule has 1 aliphatic heterocycles. The summed E-state index contributed by atoms with van der Waals surface area (Å²) in [6.07, 6.45) is 12.3. The van der Waals surface area contributed by atoms with Gasteiger partial charge in [0.25, 0.3) is 0 Å². The first-order chi connectivity index (χ1) is 9.38. The Morgan fingerprint density at radius 2 is 2.21 bits per heavy atom. The Balaban J connectivity index is 1.78. The highest BCUT2D eigenvalue weighted by molar-refractivity contribution is 5.44. The number of aryl methyl sites for hydroxylation is 1. The summed E-state index contributed by atoms with van der Waals surface area (Å²) >= 11 is 0. The minimum Gasteiger partial charge on any atom is -0.493 e. The van der Waals surface area contributed by atoms with E-state index in [2.05, 4.69) is 37.3 Å². The number of ether oxygens (including phenoxy) is 1. The molecule has 19 heavy (non-hydrogen) atoms. The molecule has 2 unspecified atom stereocenters. The third-order valence-electron chi connectivity index (χ3n) is 4.51. The van der Waals surface area contributed by atoms with E-state index in [1.165, 1.54) is 49.7 Å². The fourth-order valence-electron chi connectivity index (χ4n) is 3.35. The van der Waals surface area contributed by atoms with Crippen molar-refractivity contribution in [2.24, 2.45) is 5.92 Å². The maximum absolute atomic E-state index is 6.01. The predicted octanol–water partition coefficient (Wildman–Crippen LogP) is 4.86. The fourth-order valence-corrected chi connectivity index (χ4v) is 3.35. The van der Waals surface area contributed by atoms with Crippen molar-refractivity contribution in [3.63, 3.8) is 0 Å². The molecule has 2 aliphatic rings. The summed E-state index contributed by atoms with van der Waals surface area (Å²) < 4.78 is 6.01. The molecule has 0 fully saturated rings. The van der Waals surface area contributed by atoms with Crippen LogP contribution < -0.4 is 4.74 Å². The van der Waals surface area contributed by atoms with E-state index in [1.807, 2.05) is 0 Å². The summed E-state index contributed by atoms with van der Waals surface area (Å²) in [6, 6.07) is 6.90. The van der Waals surface area contributed by atoms with Gasteiger partial charge in [-0.2, -0.15) is 0 Å². The van der Waals surface area contributed by atoms with Crippen LogP contribution in [-0.2, 0) is 6.42 Å². The van der Waals surface area contributed by atoms with Gasteiger partial charge in [-0.05, 0) is 37.3 Å². The Morgan fingerprint density at radius 3 is 3.11 bits per heavy atom. The summed E-state index contributed by atoms with van der Waals surface area (Å²) in [5.41, 5.74) is 2.84. The topological polar surface area (TPSA) is 9.23 Å². The van der Waals surface area contributed by atoms with Crippen molar-refractivity contribution >= 4 is 0 Å². The molecule has 0 saturated carbocycles. The normalized spacial score (nSPS) is 24.5. The summed E-state index contributed by atoms with van der Waals surface area (Å²) in [7, 11) is 0. The molecular weight excluding hydrogens is 232 g/mol. The molecule has 0 N–H and O–H groups in total. The number of fused-ring (bicyclic) bond motifs is 3. The lowest BCUT2D eigenvalue weighted by Crippen LogP contribution is -2.26. The van der Waals surface area contributed by atoms with Gasteiger partial charge in [-0.15, -0.1) is 0 Å². The van der Waals surface area contributed by atoms with Crippen molar-refractivity contribution in [3.8, 4) is 5.75 Å². The first-order valence-corrected chi connectivity index (χ1v) is 7.80. The van der Waals surface area contributed by atoms with Gasteiger partial charge in [0.05, 0.1) is 6.61 Å². The lowest BCUT2D eigenvalue weighted by Gasteiger charge is -2.34. The van der Waals surface area contributed by atoms with Crippen molar-refractivity contribution < 1.29 is 4.74 Å². The minimum atomic E-state index is 0.599. The highest BCUT2D eigenvalue weighted by atomic mass is 16.5. The Labute approximate surface area is 116 Å². The van der Waals surface area contributed by atoms with Gasteiger partial charge >= 0.3 is 0 Å². The molecule has 1 nitrogen and oxygen atoms in total. The van der Waals surface area contributed by atoms with Crippen LogP contribution in [0.3, 0.4) is 0 Å². The van der Waals surface area contributed by atoms with Crippen LogP contribution in [0.4, 0.5) is 0 Å². The highest BCUT2D eigenvalue weighted by Gasteiger charge is 2.30. The van der Waals surface area contributed by atoms with Gasteiger partial charge in [-0.25, -0.2) is 0 Å². The van der Waals surface area contributed by atoms with E-state index in [0.29, 0.717) is 11.8 Å². The Morgan fingerprint density at radius 1 is 1.26 bits per heavy atom. The van der Waals surface area contributed by atoms with Crippen molar-refractivity contribution in [1.82, 2.24) is 0 Å². The third kappa shape index (κ3) is 2.70. The first kappa shape index (κ1) is 12.8. The van der Waals surface area contributed by atoms with E-state index in [9.17, 15) is 0 Å². The monoisotopic (exact) mass is 256 g/mol. The molecule has 102 valence electrons. The van der Waals surface area contributed by atoms with E-state index < -0.39 is 0 Å². The average molecular weight is 256 g/mol. The maximum atomic E-state index is 6.01. The van der Waals surface area contributed by atoms with Crippen molar-refractivity contribution in [2.45, 2.75) is 51.4 Å². The SMILES string of the molecule is CCCCCc1ccc2c(c1)OCC1CCC=CC21. The number of hydrogen-bond acceptors (Lipinski definition) is 1. The standard InChI is InChI=1S/C18H24O/c1-2-3-4-7-14-10-11-17-16-9-6-5-8-15(16)13-19-18(17)12-14/h6,9-12,15-16H,2-5,7-8,13H2,1H3. The van der Waals surface area contributed by atoms with Gasteiger partial charge in [0, 0.05) is 17.4 Å². The van der Waals surface area contributed by atoms with Crippen LogP contribution in [0, 0.1) is 5.92 Å². The summed E-state index contributed by atoms with van der Waals surface area (Å²) in [5.74, 6) is 2.44. The fraction of sp³-hybridized carbons (Fsp3) is 0.556. The second-order valence-corrected chi connectivity index (χ2v) is 5.93. The van der Waals surface area contributed by atoms with Crippen molar-refractivity contribution in [2.75, 3.05) is 6.61 Å². The van der Waals surface area contributed by atoms with Crippen LogP contribution in [0.5, 0.6) is 5.75 Å². The summed E-state index contributed by atoms with van der Waals surface area (Å²) in [6.45, 7) is 3.16. The van der Waals surface area contributed by atoms with Crippen LogP contribution >= 0.6 is 0 Å². The molecule has 0 spiro atoms. The zero-order chi connectivity index (χ0) is 13.1. The third-order valence-corrected chi connectivity index (χ3v) is 4.51. The highest BCUT2D eigenvalue weighted by Crippen LogP contribution is 2.42. The molecule has 0 radical (unpaired) electrons. The second kappa shape index (κ2) is 5.81. The molecule has 0 amide bonds. The van der Waals surface area contributed by atoms with Gasteiger partial charge in [0.15, 0.2) is 0 Å². The number of unbranched alkanes of at least 4 members (excludes halogenated alkanes) is 2. The molecule has 1 heteroatoms. The van der Waals surface area contributed by atoms with E-state index in [1.54, 1.807) is 0 Å². The first-order valence-electron chi connectivity index (χ1n) is 7.80. The second-order valence-electron chi connectivity index (χ2n) is 5.93. The van der Waals surface area contributed by atoms with Crippen LogP contribution in [-0.4, -0.2) is 6.61 Å². The molecule has 1 aromatic rings. The molecule has 1 aliphatic carbocycles. The van der Waals surface area contributed by atoms with E-state index in [4.69, 9.17) is 4.74 Å². The molecular formula is C18H24O. The molecule has 1 aromatic carbocycles. The Kier molecular flexibility index (Phi) is 3.91. The predicted molar refractivity (Wildman–Crippen MR) is 79.8 cm³/mol. The Hall–Kier alpha value is -1.24. The van der Waals surface area contributed by atoms with E-state index in [-0.39, 0.29) is 0 Å². The molecule has 0 aromatic heterocycles. The van der Waals surface area contributed by atoms with Gasteiger partial charge < -0.3 is 4.74 Å². The number of benzene rings is 1. The van der Waals surface area contributed by atoms with Crippen LogP contribution in [0.2, 0.25) is 0 Å². The van der Waals surface area contributed by atoms with Gasteiger partial charge in [0.2, 0.25) is 0 Å². The van der Waals surface area contributed by atoms with Crippen LogP contribution in [0.25, 0.3) is 0 Å².